The highest BCUT2D eigenvalue weighted by Gasteiger charge is 2.34. The first-order valence-electron chi connectivity index (χ1n) is 13.1. The lowest BCUT2D eigenvalue weighted by Crippen LogP contribution is -2.54. The van der Waals surface area contributed by atoms with Crippen LogP contribution in [-0.2, 0) is 26.2 Å². The van der Waals surface area contributed by atoms with Gasteiger partial charge >= 0.3 is 0 Å². The summed E-state index contributed by atoms with van der Waals surface area (Å²) in [7, 11) is -4.26. The number of rotatable bonds is 11. The minimum atomic E-state index is -4.26. The second-order valence-electron chi connectivity index (χ2n) is 10.4. The molecule has 0 spiro atoms. The van der Waals surface area contributed by atoms with Gasteiger partial charge in [0, 0.05) is 22.1 Å². The Kier molecular flexibility index (Phi) is 10.7. The van der Waals surface area contributed by atoms with Gasteiger partial charge in [-0.3, -0.25) is 13.9 Å². The number of hydrogen-bond donors (Lipinski definition) is 1. The van der Waals surface area contributed by atoms with Crippen LogP contribution in [0.4, 0.5) is 5.69 Å². The molecule has 1 N–H and O–H groups in total. The summed E-state index contributed by atoms with van der Waals surface area (Å²) in [6.07, 6.45) is 0. The van der Waals surface area contributed by atoms with Gasteiger partial charge in [0.1, 0.15) is 18.3 Å². The Hall–Kier alpha value is -3.27. The van der Waals surface area contributed by atoms with E-state index in [1.807, 2.05) is 20.8 Å². The number of ether oxygens (including phenoxy) is 1. The summed E-state index contributed by atoms with van der Waals surface area (Å²) in [5, 5.41) is 3.80. The van der Waals surface area contributed by atoms with Crippen LogP contribution in [0.25, 0.3) is 0 Å². The van der Waals surface area contributed by atoms with Crippen molar-refractivity contribution in [2.45, 2.75) is 57.6 Å². The number of benzene rings is 3. The van der Waals surface area contributed by atoms with Crippen molar-refractivity contribution in [2.24, 2.45) is 0 Å². The molecule has 0 aromatic heterocycles. The van der Waals surface area contributed by atoms with E-state index in [-0.39, 0.29) is 29.6 Å². The van der Waals surface area contributed by atoms with E-state index in [1.54, 1.807) is 62.4 Å². The minimum absolute atomic E-state index is 0.0521. The molecule has 8 nitrogen and oxygen atoms in total. The second kappa shape index (κ2) is 13.6. The molecule has 1 atom stereocenters. The summed E-state index contributed by atoms with van der Waals surface area (Å²) < 4.78 is 34.8. The normalized spacial score (nSPS) is 12.4. The van der Waals surface area contributed by atoms with E-state index in [1.165, 1.54) is 29.2 Å². The van der Waals surface area contributed by atoms with Crippen LogP contribution in [-0.4, -0.2) is 49.9 Å². The van der Waals surface area contributed by atoms with Gasteiger partial charge in [-0.25, -0.2) is 8.42 Å². The van der Waals surface area contributed by atoms with Gasteiger partial charge in [-0.1, -0.05) is 47.5 Å². The van der Waals surface area contributed by atoms with Gasteiger partial charge in [-0.2, -0.15) is 0 Å². The van der Waals surface area contributed by atoms with Crippen LogP contribution in [0.3, 0.4) is 0 Å². The summed E-state index contributed by atoms with van der Waals surface area (Å²) in [6.45, 7) is 8.67. The Morgan fingerprint density at radius 1 is 0.927 bits per heavy atom. The van der Waals surface area contributed by atoms with Crippen LogP contribution in [0.15, 0.2) is 77.7 Å². The molecule has 0 aliphatic carbocycles. The van der Waals surface area contributed by atoms with E-state index in [9.17, 15) is 18.0 Å². The smallest absolute Gasteiger partial charge is 0.264 e. The number of carbonyl (C=O) groups excluding carboxylic acids is 2. The third kappa shape index (κ3) is 8.61. The molecule has 0 saturated carbocycles. The monoisotopic (exact) mass is 619 g/mol. The molecule has 0 unspecified atom stereocenters. The fourth-order valence-corrected chi connectivity index (χ4v) is 5.71. The molecule has 11 heteroatoms. The van der Waals surface area contributed by atoms with Crippen molar-refractivity contribution in [2.75, 3.05) is 17.5 Å². The van der Waals surface area contributed by atoms with Gasteiger partial charge in [0.25, 0.3) is 10.0 Å². The Labute approximate surface area is 252 Å². The SMILES string of the molecule is CCOc1ccccc1N(CC(=O)N(Cc1ccc(Cl)cc1)[C@H](C)C(=O)NC(C)(C)C)S(=O)(=O)c1ccc(Cl)cc1. The zero-order chi connectivity index (χ0) is 30.4. The average Bonchev–Trinajstić information content (AvgIpc) is 2.91. The Morgan fingerprint density at radius 3 is 2.05 bits per heavy atom. The van der Waals surface area contributed by atoms with Crippen molar-refractivity contribution in [3.05, 3.63) is 88.4 Å². The molecule has 3 rings (SSSR count). The molecule has 0 radical (unpaired) electrons. The largest absolute Gasteiger partial charge is 0.492 e. The second-order valence-corrected chi connectivity index (χ2v) is 13.2. The number of hydrogen-bond acceptors (Lipinski definition) is 5. The van der Waals surface area contributed by atoms with Gasteiger partial charge in [-0.05, 0) is 88.7 Å². The van der Waals surface area contributed by atoms with Gasteiger partial charge < -0.3 is 15.0 Å². The zero-order valence-corrected chi connectivity index (χ0v) is 26.1. The van der Waals surface area contributed by atoms with Crippen molar-refractivity contribution in [3.63, 3.8) is 0 Å². The molecule has 0 bridgehead atoms. The van der Waals surface area contributed by atoms with E-state index in [2.05, 4.69) is 5.32 Å². The maximum Gasteiger partial charge on any atom is 0.264 e. The third-order valence-corrected chi connectivity index (χ3v) is 8.32. The highest BCUT2D eigenvalue weighted by Crippen LogP contribution is 2.33. The summed E-state index contributed by atoms with van der Waals surface area (Å²) in [5.41, 5.74) is 0.372. The molecule has 220 valence electrons. The van der Waals surface area contributed by atoms with Gasteiger partial charge in [0.15, 0.2) is 0 Å². The van der Waals surface area contributed by atoms with Crippen LogP contribution in [0.2, 0.25) is 10.0 Å². The first-order valence-corrected chi connectivity index (χ1v) is 15.3. The van der Waals surface area contributed by atoms with Crippen molar-refractivity contribution in [3.8, 4) is 5.75 Å². The molecule has 3 aromatic carbocycles. The third-order valence-electron chi connectivity index (χ3n) is 6.05. The first-order chi connectivity index (χ1) is 19.2. The summed E-state index contributed by atoms with van der Waals surface area (Å²) in [6, 6.07) is 18.3. The molecule has 2 amide bonds. The fraction of sp³-hybridized carbons (Fsp3) is 0.333. The molecule has 3 aromatic rings. The maximum atomic E-state index is 14.1. The molecule has 0 saturated heterocycles. The number of nitrogens with one attached hydrogen (secondary N) is 1. The van der Waals surface area contributed by atoms with E-state index in [0.717, 1.165) is 9.87 Å². The average molecular weight is 621 g/mol. The van der Waals surface area contributed by atoms with Crippen LogP contribution < -0.4 is 14.4 Å². The van der Waals surface area contributed by atoms with E-state index in [0.29, 0.717) is 15.8 Å². The standard InChI is InChI=1S/C30H35Cl2N3O5S/c1-6-40-27-10-8-7-9-26(27)35(41(38,39)25-17-15-24(32)16-18-25)20-28(36)34(19-22-11-13-23(31)14-12-22)21(2)29(37)33-30(3,4)5/h7-18,21H,6,19-20H2,1-5H3,(H,33,37)/t21-/m1/s1. The van der Waals surface area contributed by atoms with Crippen molar-refractivity contribution in [1.82, 2.24) is 10.2 Å². The Morgan fingerprint density at radius 2 is 1.49 bits per heavy atom. The maximum absolute atomic E-state index is 14.1. The number of halogens is 2. The topological polar surface area (TPSA) is 96.0 Å². The van der Waals surface area contributed by atoms with Crippen LogP contribution in [0, 0.1) is 0 Å². The molecule has 0 aliphatic rings. The first kappa shape index (κ1) is 32.2. The summed E-state index contributed by atoms with van der Waals surface area (Å²) >= 11 is 12.1. The predicted molar refractivity (Wildman–Crippen MR) is 163 cm³/mol. The highest BCUT2D eigenvalue weighted by molar-refractivity contribution is 7.92. The minimum Gasteiger partial charge on any atom is -0.492 e. The van der Waals surface area contributed by atoms with E-state index < -0.39 is 34.1 Å². The number of anilines is 1. The number of para-hydroxylation sites is 2. The molecule has 0 aliphatic heterocycles. The van der Waals surface area contributed by atoms with E-state index >= 15 is 0 Å². The van der Waals surface area contributed by atoms with Crippen molar-refractivity contribution >= 4 is 50.7 Å². The van der Waals surface area contributed by atoms with E-state index in [4.69, 9.17) is 27.9 Å². The Bertz CT molecular complexity index is 1460. The van der Waals surface area contributed by atoms with Crippen molar-refractivity contribution < 1.29 is 22.7 Å². The van der Waals surface area contributed by atoms with Crippen molar-refractivity contribution in [1.29, 1.82) is 0 Å². The fourth-order valence-electron chi connectivity index (χ4n) is 4.03. The highest BCUT2D eigenvalue weighted by atomic mass is 35.5. The van der Waals surface area contributed by atoms with Gasteiger partial charge in [0.2, 0.25) is 11.8 Å². The lowest BCUT2D eigenvalue weighted by atomic mass is 10.1. The summed E-state index contributed by atoms with van der Waals surface area (Å²) in [4.78, 5) is 28.6. The van der Waals surface area contributed by atoms with Gasteiger partial charge in [0.05, 0.1) is 17.2 Å². The molecular weight excluding hydrogens is 585 g/mol. The van der Waals surface area contributed by atoms with Crippen LogP contribution in [0.5, 0.6) is 5.75 Å². The number of nitrogens with zero attached hydrogens (tertiary/aromatic N) is 2. The number of sulfonamides is 1. The molecule has 0 heterocycles. The number of carbonyl (C=O) groups is 2. The molecule has 0 fully saturated rings. The lowest BCUT2D eigenvalue weighted by molar-refractivity contribution is -0.140. The zero-order valence-electron chi connectivity index (χ0n) is 23.7. The number of amides is 2. The quantitative estimate of drug-likeness (QED) is 0.287. The van der Waals surface area contributed by atoms with Crippen LogP contribution in [0.1, 0.15) is 40.2 Å². The lowest BCUT2D eigenvalue weighted by Gasteiger charge is -2.33. The van der Waals surface area contributed by atoms with Crippen LogP contribution >= 0.6 is 23.2 Å². The molecular formula is C30H35Cl2N3O5S. The van der Waals surface area contributed by atoms with Gasteiger partial charge in [-0.15, -0.1) is 0 Å². The molecule has 41 heavy (non-hydrogen) atoms. The predicted octanol–water partition coefficient (Wildman–Crippen LogP) is 5.92. The summed E-state index contributed by atoms with van der Waals surface area (Å²) in [5.74, 6) is -0.662. The Balaban J connectivity index is 2.08.